The molecule has 1 rings (SSSR count). The van der Waals surface area contributed by atoms with Crippen LogP contribution in [0, 0.1) is 11.3 Å². The first-order valence-electron chi connectivity index (χ1n) is 6.76. The molecule has 0 aliphatic heterocycles. The van der Waals surface area contributed by atoms with Gasteiger partial charge in [-0.3, -0.25) is 4.90 Å². The summed E-state index contributed by atoms with van der Waals surface area (Å²) in [7, 11) is 1.67. The molecule has 0 aliphatic rings. The molecule has 0 saturated heterocycles. The van der Waals surface area contributed by atoms with Gasteiger partial charge in [0.2, 0.25) is 0 Å². The van der Waals surface area contributed by atoms with Crippen molar-refractivity contribution >= 4 is 0 Å². The van der Waals surface area contributed by atoms with Crippen LogP contribution in [-0.4, -0.2) is 56.6 Å². The van der Waals surface area contributed by atoms with E-state index in [0.29, 0.717) is 31.1 Å². The largest absolute Gasteiger partial charge is 0.492 e. The second kappa shape index (κ2) is 10.2. The number of para-hydroxylation sites is 1. The Morgan fingerprint density at radius 3 is 2.70 bits per heavy atom. The highest BCUT2D eigenvalue weighted by molar-refractivity contribution is 5.42. The highest BCUT2D eigenvalue weighted by atomic mass is 16.5. The monoisotopic (exact) mass is 278 g/mol. The Balaban J connectivity index is 2.30. The number of hydrogen-bond donors (Lipinski definition) is 1. The second-order valence-corrected chi connectivity index (χ2v) is 4.37. The van der Waals surface area contributed by atoms with Crippen LogP contribution in [0.4, 0.5) is 0 Å². The fourth-order valence-corrected chi connectivity index (χ4v) is 1.85. The molecule has 20 heavy (non-hydrogen) atoms. The molecule has 0 amide bonds. The van der Waals surface area contributed by atoms with Gasteiger partial charge in [0.1, 0.15) is 11.8 Å². The summed E-state index contributed by atoms with van der Waals surface area (Å²) in [4.78, 5) is 2.13. The average molecular weight is 278 g/mol. The van der Waals surface area contributed by atoms with Crippen molar-refractivity contribution in [2.75, 3.05) is 46.6 Å². The predicted octanol–water partition coefficient (Wildman–Crippen LogP) is 1.27. The van der Waals surface area contributed by atoms with Gasteiger partial charge in [-0.05, 0) is 18.6 Å². The van der Waals surface area contributed by atoms with E-state index in [1.165, 1.54) is 0 Å². The van der Waals surface area contributed by atoms with Crippen LogP contribution in [0.1, 0.15) is 12.0 Å². The molecular weight excluding hydrogens is 256 g/mol. The summed E-state index contributed by atoms with van der Waals surface area (Å²) >= 11 is 0. The van der Waals surface area contributed by atoms with E-state index in [9.17, 15) is 0 Å². The number of rotatable bonds is 10. The van der Waals surface area contributed by atoms with Crippen LogP contribution < -0.4 is 4.74 Å². The molecule has 1 aromatic carbocycles. The van der Waals surface area contributed by atoms with Gasteiger partial charge in [-0.15, -0.1) is 0 Å². The minimum atomic E-state index is 0.141. The summed E-state index contributed by atoms with van der Waals surface area (Å²) < 4.78 is 10.7. The molecular formula is C15H22N2O3. The number of aliphatic hydroxyl groups excluding tert-OH is 1. The highest BCUT2D eigenvalue weighted by Gasteiger charge is 2.05. The van der Waals surface area contributed by atoms with Gasteiger partial charge >= 0.3 is 0 Å². The van der Waals surface area contributed by atoms with Gasteiger partial charge in [0.05, 0.1) is 25.4 Å². The molecule has 1 aromatic rings. The van der Waals surface area contributed by atoms with Crippen molar-refractivity contribution in [1.82, 2.24) is 4.90 Å². The average Bonchev–Trinajstić information content (AvgIpc) is 2.49. The Morgan fingerprint density at radius 1 is 1.20 bits per heavy atom. The molecule has 110 valence electrons. The fourth-order valence-electron chi connectivity index (χ4n) is 1.85. The molecule has 0 aromatic heterocycles. The first-order valence-corrected chi connectivity index (χ1v) is 6.76. The smallest absolute Gasteiger partial charge is 0.137 e. The molecule has 0 saturated carbocycles. The molecule has 0 radical (unpaired) electrons. The zero-order valence-electron chi connectivity index (χ0n) is 11.9. The maximum absolute atomic E-state index is 8.99. The van der Waals surface area contributed by atoms with Crippen molar-refractivity contribution in [2.24, 2.45) is 0 Å². The first-order chi connectivity index (χ1) is 9.81. The molecule has 0 fully saturated rings. The number of methoxy groups -OCH3 is 1. The number of hydrogen-bond acceptors (Lipinski definition) is 5. The summed E-state index contributed by atoms with van der Waals surface area (Å²) in [5, 5.41) is 17.9. The normalized spacial score (nSPS) is 10.5. The lowest BCUT2D eigenvalue weighted by Crippen LogP contribution is -2.32. The van der Waals surface area contributed by atoms with Gasteiger partial charge in [0, 0.05) is 26.7 Å². The number of nitriles is 1. The van der Waals surface area contributed by atoms with Gasteiger partial charge in [-0.25, -0.2) is 0 Å². The number of aliphatic hydroxyl groups is 1. The predicted molar refractivity (Wildman–Crippen MR) is 76.7 cm³/mol. The lowest BCUT2D eigenvalue weighted by molar-refractivity contribution is 0.126. The van der Waals surface area contributed by atoms with E-state index in [1.54, 1.807) is 19.2 Å². The molecule has 1 N–H and O–H groups in total. The maximum atomic E-state index is 8.99. The summed E-state index contributed by atoms with van der Waals surface area (Å²) in [6.45, 7) is 3.61. The van der Waals surface area contributed by atoms with E-state index in [1.807, 2.05) is 12.1 Å². The zero-order chi connectivity index (χ0) is 14.6. The Bertz CT molecular complexity index is 418. The van der Waals surface area contributed by atoms with E-state index < -0.39 is 0 Å². The Labute approximate surface area is 120 Å². The van der Waals surface area contributed by atoms with Gasteiger partial charge in [-0.2, -0.15) is 5.26 Å². The second-order valence-electron chi connectivity index (χ2n) is 4.37. The third-order valence-corrected chi connectivity index (χ3v) is 2.91. The molecule has 0 bridgehead atoms. The highest BCUT2D eigenvalue weighted by Crippen LogP contribution is 2.16. The Hall–Kier alpha value is -1.61. The summed E-state index contributed by atoms with van der Waals surface area (Å²) in [5.41, 5.74) is 0.555. The molecule has 0 aliphatic carbocycles. The van der Waals surface area contributed by atoms with Crippen LogP contribution in [0.2, 0.25) is 0 Å². The lowest BCUT2D eigenvalue weighted by atomic mass is 10.2. The van der Waals surface area contributed by atoms with E-state index >= 15 is 0 Å². The van der Waals surface area contributed by atoms with Gasteiger partial charge < -0.3 is 14.6 Å². The van der Waals surface area contributed by atoms with Crippen molar-refractivity contribution in [3.63, 3.8) is 0 Å². The van der Waals surface area contributed by atoms with Crippen molar-refractivity contribution in [3.05, 3.63) is 29.8 Å². The van der Waals surface area contributed by atoms with Crippen molar-refractivity contribution in [1.29, 1.82) is 5.26 Å². The molecule has 0 atom stereocenters. The number of nitrogens with zero attached hydrogens (tertiary/aromatic N) is 2. The SMILES string of the molecule is COCCN(CCO)CCCOc1ccccc1C#N. The topological polar surface area (TPSA) is 65.7 Å². The molecule has 5 heteroatoms. The third-order valence-electron chi connectivity index (χ3n) is 2.91. The molecule has 5 nitrogen and oxygen atoms in total. The number of benzene rings is 1. The van der Waals surface area contributed by atoms with Crippen LogP contribution in [0.3, 0.4) is 0 Å². The summed E-state index contributed by atoms with van der Waals surface area (Å²) in [6, 6.07) is 9.32. The molecule has 0 spiro atoms. The third kappa shape index (κ3) is 6.02. The van der Waals surface area contributed by atoms with Gasteiger partial charge in [0.25, 0.3) is 0 Å². The Kier molecular flexibility index (Phi) is 8.40. The zero-order valence-corrected chi connectivity index (χ0v) is 11.9. The van der Waals surface area contributed by atoms with Crippen molar-refractivity contribution in [3.8, 4) is 11.8 Å². The van der Waals surface area contributed by atoms with Crippen LogP contribution in [0.5, 0.6) is 5.75 Å². The van der Waals surface area contributed by atoms with Crippen LogP contribution in [0.15, 0.2) is 24.3 Å². The standard InChI is InChI=1S/C15H22N2O3/c1-19-12-9-17(8-10-18)7-4-11-20-15-6-3-2-5-14(15)13-16/h2-3,5-6,18H,4,7-12H2,1H3. The van der Waals surface area contributed by atoms with Crippen molar-refractivity contribution < 1.29 is 14.6 Å². The number of ether oxygens (including phenoxy) is 2. The van der Waals surface area contributed by atoms with Crippen LogP contribution in [-0.2, 0) is 4.74 Å². The minimum absolute atomic E-state index is 0.141. The van der Waals surface area contributed by atoms with E-state index in [4.69, 9.17) is 19.8 Å². The van der Waals surface area contributed by atoms with E-state index in [2.05, 4.69) is 11.0 Å². The van der Waals surface area contributed by atoms with E-state index in [0.717, 1.165) is 19.5 Å². The Morgan fingerprint density at radius 2 is 2.00 bits per heavy atom. The van der Waals surface area contributed by atoms with E-state index in [-0.39, 0.29) is 6.61 Å². The lowest BCUT2D eigenvalue weighted by Gasteiger charge is -2.20. The van der Waals surface area contributed by atoms with Crippen LogP contribution >= 0.6 is 0 Å². The first kappa shape index (κ1) is 16.4. The quantitative estimate of drug-likeness (QED) is 0.653. The molecule has 0 unspecified atom stereocenters. The van der Waals surface area contributed by atoms with Crippen molar-refractivity contribution in [2.45, 2.75) is 6.42 Å². The maximum Gasteiger partial charge on any atom is 0.137 e. The van der Waals surface area contributed by atoms with Gasteiger partial charge in [0.15, 0.2) is 0 Å². The summed E-state index contributed by atoms with van der Waals surface area (Å²) in [5.74, 6) is 0.626. The van der Waals surface area contributed by atoms with Gasteiger partial charge in [-0.1, -0.05) is 12.1 Å². The minimum Gasteiger partial charge on any atom is -0.492 e. The molecule has 0 heterocycles. The summed E-state index contributed by atoms with van der Waals surface area (Å²) in [6.07, 6.45) is 0.837. The van der Waals surface area contributed by atoms with Crippen LogP contribution in [0.25, 0.3) is 0 Å². The fraction of sp³-hybridized carbons (Fsp3) is 0.533.